The summed E-state index contributed by atoms with van der Waals surface area (Å²) >= 11 is 4.64. The van der Waals surface area contributed by atoms with Crippen LogP contribution >= 0.6 is 27.5 Å². The monoisotopic (exact) mass is 343 g/mol. The lowest BCUT2D eigenvalue weighted by molar-refractivity contribution is 0.590. The number of nitrogens with one attached hydrogen (secondary N) is 1. The van der Waals surface area contributed by atoms with Gasteiger partial charge < -0.3 is 5.32 Å². The molecule has 2 aromatic rings. The fourth-order valence-electron chi connectivity index (χ4n) is 1.95. The van der Waals surface area contributed by atoms with Crippen molar-refractivity contribution in [2.24, 2.45) is 0 Å². The van der Waals surface area contributed by atoms with Crippen LogP contribution in [0.25, 0.3) is 0 Å². The van der Waals surface area contributed by atoms with Gasteiger partial charge in [0.15, 0.2) is 0 Å². The van der Waals surface area contributed by atoms with Crippen LogP contribution in [-0.2, 0) is 12.8 Å². The second kappa shape index (κ2) is 6.54. The molecule has 1 aromatic heterocycles. The van der Waals surface area contributed by atoms with Crippen LogP contribution in [0.4, 0.5) is 4.39 Å². The lowest BCUT2D eigenvalue weighted by Gasteiger charge is -2.15. The third-order valence-electron chi connectivity index (χ3n) is 3.01. The molecule has 2 rings (SSSR count). The van der Waals surface area contributed by atoms with E-state index in [2.05, 4.69) is 37.8 Å². The summed E-state index contributed by atoms with van der Waals surface area (Å²) in [6, 6.07) is 5.27. The van der Waals surface area contributed by atoms with Crippen LogP contribution in [0.2, 0.25) is 0 Å². The molecule has 0 aliphatic carbocycles. The van der Waals surface area contributed by atoms with E-state index < -0.39 is 0 Å². The summed E-state index contributed by atoms with van der Waals surface area (Å²) in [6.07, 6.45) is 1.66. The average Bonchev–Trinajstić information content (AvgIpc) is 2.88. The zero-order chi connectivity index (χ0) is 13.8. The maximum Gasteiger partial charge on any atom is 0.137 e. The molecule has 0 aliphatic rings. The summed E-state index contributed by atoms with van der Waals surface area (Å²) in [5.41, 5.74) is 2.11. The molecular weight excluding hydrogens is 329 g/mol. The van der Waals surface area contributed by atoms with E-state index in [1.807, 2.05) is 19.2 Å². The zero-order valence-electron chi connectivity index (χ0n) is 10.8. The predicted molar refractivity (Wildman–Crippen MR) is 78.9 cm³/mol. The van der Waals surface area contributed by atoms with Crippen molar-refractivity contribution in [2.45, 2.75) is 25.8 Å². The second-order valence-electron chi connectivity index (χ2n) is 4.23. The molecule has 1 aromatic carbocycles. The molecule has 0 aliphatic heterocycles. The van der Waals surface area contributed by atoms with Crippen LogP contribution in [0.15, 0.2) is 22.7 Å². The van der Waals surface area contributed by atoms with Gasteiger partial charge in [-0.05, 0) is 65.0 Å². The smallest absolute Gasteiger partial charge is 0.137 e. The Bertz CT molecular complexity index is 559. The van der Waals surface area contributed by atoms with Gasteiger partial charge in [-0.25, -0.2) is 4.39 Å². The van der Waals surface area contributed by atoms with Gasteiger partial charge in [0.25, 0.3) is 0 Å². The van der Waals surface area contributed by atoms with E-state index in [-0.39, 0.29) is 11.9 Å². The molecule has 0 bridgehead atoms. The molecule has 0 spiro atoms. The van der Waals surface area contributed by atoms with Gasteiger partial charge in [-0.2, -0.15) is 0 Å². The Morgan fingerprint density at radius 3 is 2.89 bits per heavy atom. The maximum absolute atomic E-state index is 13.2. The second-order valence-corrected chi connectivity index (χ2v) is 5.87. The molecule has 3 nitrogen and oxygen atoms in total. The molecule has 0 amide bonds. The first-order valence-electron chi connectivity index (χ1n) is 6.08. The molecule has 102 valence electrons. The minimum atomic E-state index is -0.238. The van der Waals surface area contributed by atoms with Crippen LogP contribution in [-0.4, -0.2) is 16.6 Å². The van der Waals surface area contributed by atoms with Gasteiger partial charge in [-0.15, -0.1) is 5.10 Å². The summed E-state index contributed by atoms with van der Waals surface area (Å²) in [4.78, 5) is 1.16. The Hall–Kier alpha value is -0.850. The van der Waals surface area contributed by atoms with Crippen molar-refractivity contribution < 1.29 is 4.39 Å². The van der Waals surface area contributed by atoms with E-state index >= 15 is 0 Å². The Labute approximate surface area is 124 Å². The molecule has 1 atom stereocenters. The highest BCUT2D eigenvalue weighted by Gasteiger charge is 2.17. The summed E-state index contributed by atoms with van der Waals surface area (Å²) in [5.74, 6) is -0.238. The highest BCUT2D eigenvalue weighted by Crippen LogP contribution is 2.26. The van der Waals surface area contributed by atoms with Crippen LogP contribution < -0.4 is 5.32 Å². The van der Waals surface area contributed by atoms with Crippen molar-refractivity contribution in [3.05, 3.63) is 44.6 Å². The standard InChI is InChI=1S/C13H15BrFN3S/c1-3-11-13(19-18-17-11)12(16-2)7-8-4-5-10(15)9(14)6-8/h4-6,12,16H,3,7H2,1-2H3. The summed E-state index contributed by atoms with van der Waals surface area (Å²) < 4.78 is 17.7. The number of likely N-dealkylation sites (N-methyl/N-ethyl adjacent to an activating group) is 1. The fraction of sp³-hybridized carbons (Fsp3) is 0.385. The Balaban J connectivity index is 2.21. The molecule has 0 radical (unpaired) electrons. The van der Waals surface area contributed by atoms with Crippen molar-refractivity contribution >= 4 is 27.5 Å². The number of hydrogen-bond acceptors (Lipinski definition) is 4. The number of aryl methyl sites for hydroxylation is 1. The third kappa shape index (κ3) is 3.38. The van der Waals surface area contributed by atoms with Crippen molar-refractivity contribution in [3.8, 4) is 0 Å². The predicted octanol–water partition coefficient (Wildman–Crippen LogP) is 3.51. The first-order chi connectivity index (χ1) is 9.15. The fourth-order valence-corrected chi connectivity index (χ4v) is 3.23. The average molecular weight is 344 g/mol. The number of hydrogen-bond donors (Lipinski definition) is 1. The number of aromatic nitrogens is 2. The number of rotatable bonds is 5. The third-order valence-corrected chi connectivity index (χ3v) is 4.50. The highest BCUT2D eigenvalue weighted by atomic mass is 79.9. The van der Waals surface area contributed by atoms with Crippen LogP contribution in [0, 0.1) is 5.82 Å². The molecule has 0 fully saturated rings. The summed E-state index contributed by atoms with van der Waals surface area (Å²) in [6.45, 7) is 2.07. The molecule has 1 heterocycles. The lowest BCUT2D eigenvalue weighted by atomic mass is 10.0. The number of halogens is 2. The Kier molecular flexibility index (Phi) is 5.01. The molecule has 1 unspecified atom stereocenters. The van der Waals surface area contributed by atoms with Gasteiger partial charge in [0.1, 0.15) is 5.82 Å². The van der Waals surface area contributed by atoms with Crippen LogP contribution in [0.3, 0.4) is 0 Å². The molecule has 19 heavy (non-hydrogen) atoms. The minimum absolute atomic E-state index is 0.160. The lowest BCUT2D eigenvalue weighted by Crippen LogP contribution is -2.19. The molecule has 0 saturated heterocycles. The zero-order valence-corrected chi connectivity index (χ0v) is 13.2. The normalized spacial score (nSPS) is 12.6. The van der Waals surface area contributed by atoms with E-state index in [9.17, 15) is 4.39 Å². The molecule has 1 N–H and O–H groups in total. The van der Waals surface area contributed by atoms with Gasteiger partial charge in [-0.1, -0.05) is 17.5 Å². The first-order valence-corrected chi connectivity index (χ1v) is 7.64. The van der Waals surface area contributed by atoms with E-state index in [0.29, 0.717) is 4.47 Å². The SMILES string of the molecule is CCc1nnsc1C(Cc1ccc(F)c(Br)c1)NC. The quantitative estimate of drug-likeness (QED) is 0.902. The van der Waals surface area contributed by atoms with Gasteiger partial charge in [-0.3, -0.25) is 0 Å². The number of nitrogens with zero attached hydrogens (tertiary/aromatic N) is 2. The van der Waals surface area contributed by atoms with E-state index in [1.54, 1.807) is 0 Å². The first kappa shape index (κ1) is 14.6. The van der Waals surface area contributed by atoms with Crippen molar-refractivity contribution in [1.82, 2.24) is 14.9 Å². The van der Waals surface area contributed by atoms with E-state index in [1.165, 1.54) is 17.6 Å². The van der Waals surface area contributed by atoms with Gasteiger partial charge in [0.2, 0.25) is 0 Å². The minimum Gasteiger partial charge on any atom is -0.312 e. The highest BCUT2D eigenvalue weighted by molar-refractivity contribution is 9.10. The summed E-state index contributed by atoms with van der Waals surface area (Å²) in [5, 5.41) is 7.42. The number of benzene rings is 1. The van der Waals surface area contributed by atoms with Crippen molar-refractivity contribution in [2.75, 3.05) is 7.05 Å². The van der Waals surface area contributed by atoms with Crippen LogP contribution in [0.5, 0.6) is 0 Å². The molecular formula is C13H15BrFN3S. The van der Waals surface area contributed by atoms with E-state index in [4.69, 9.17) is 0 Å². The van der Waals surface area contributed by atoms with E-state index in [0.717, 1.165) is 29.0 Å². The largest absolute Gasteiger partial charge is 0.312 e. The molecule has 0 saturated carbocycles. The van der Waals surface area contributed by atoms with Crippen molar-refractivity contribution in [3.63, 3.8) is 0 Å². The van der Waals surface area contributed by atoms with Gasteiger partial charge >= 0.3 is 0 Å². The Morgan fingerprint density at radius 1 is 1.47 bits per heavy atom. The molecule has 6 heteroatoms. The summed E-state index contributed by atoms with van der Waals surface area (Å²) in [7, 11) is 1.92. The maximum atomic E-state index is 13.2. The Morgan fingerprint density at radius 2 is 2.26 bits per heavy atom. The van der Waals surface area contributed by atoms with Crippen LogP contribution in [0.1, 0.15) is 29.1 Å². The van der Waals surface area contributed by atoms with Crippen molar-refractivity contribution in [1.29, 1.82) is 0 Å². The van der Waals surface area contributed by atoms with Gasteiger partial charge in [0, 0.05) is 6.04 Å². The topological polar surface area (TPSA) is 37.8 Å². The van der Waals surface area contributed by atoms with Gasteiger partial charge in [0.05, 0.1) is 15.0 Å².